The molecule has 2 N–H and O–H groups in total. The minimum absolute atomic E-state index is 0.264. The van der Waals surface area contributed by atoms with Gasteiger partial charge in [-0.3, -0.25) is 9.80 Å². The molecule has 0 radical (unpaired) electrons. The van der Waals surface area contributed by atoms with Gasteiger partial charge in [-0.25, -0.2) is 0 Å². The summed E-state index contributed by atoms with van der Waals surface area (Å²) in [6.07, 6.45) is 0. The molecule has 2 rings (SSSR count). The Hall–Kier alpha value is -1.26. The molecule has 4 nitrogen and oxygen atoms in total. The van der Waals surface area contributed by atoms with Crippen molar-refractivity contribution in [1.29, 1.82) is 0 Å². The molecule has 4 heteroatoms. The lowest BCUT2D eigenvalue weighted by molar-refractivity contribution is 0.0587. The Balaban J connectivity index is 1.99. The van der Waals surface area contributed by atoms with E-state index in [0.29, 0.717) is 6.61 Å². The number of benzene rings is 1. The first-order valence-corrected chi connectivity index (χ1v) is 7.88. The van der Waals surface area contributed by atoms with Crippen molar-refractivity contribution < 1.29 is 4.74 Å². The van der Waals surface area contributed by atoms with Crippen molar-refractivity contribution in [2.75, 3.05) is 38.5 Å². The van der Waals surface area contributed by atoms with Gasteiger partial charge in [0.2, 0.25) is 0 Å². The highest BCUT2D eigenvalue weighted by Crippen LogP contribution is 2.24. The van der Waals surface area contributed by atoms with E-state index in [1.54, 1.807) is 0 Å². The minimum Gasteiger partial charge on any atom is -0.494 e. The molecule has 0 saturated carbocycles. The molecular weight excluding hydrogens is 262 g/mol. The third kappa shape index (κ3) is 4.35. The van der Waals surface area contributed by atoms with E-state index in [4.69, 9.17) is 10.5 Å². The number of hydrogen-bond acceptors (Lipinski definition) is 4. The Kier molecular flexibility index (Phi) is 5.12. The maximum absolute atomic E-state index is 5.93. The molecule has 0 unspecified atom stereocenters. The van der Waals surface area contributed by atoms with Crippen LogP contribution >= 0.6 is 0 Å². The number of hydrogen-bond donors (Lipinski definition) is 1. The summed E-state index contributed by atoms with van der Waals surface area (Å²) in [6.45, 7) is 14.9. The Morgan fingerprint density at radius 2 is 1.81 bits per heavy atom. The van der Waals surface area contributed by atoms with Crippen LogP contribution in [0.5, 0.6) is 5.75 Å². The van der Waals surface area contributed by atoms with E-state index in [1.165, 1.54) is 5.56 Å². The number of piperazine rings is 1. The van der Waals surface area contributed by atoms with Crippen molar-refractivity contribution in [3.05, 3.63) is 23.8 Å². The van der Waals surface area contributed by atoms with E-state index in [1.807, 2.05) is 25.1 Å². The van der Waals surface area contributed by atoms with Crippen molar-refractivity contribution in [1.82, 2.24) is 9.80 Å². The smallest absolute Gasteiger partial charge is 0.123 e. The number of anilines is 1. The highest BCUT2D eigenvalue weighted by Gasteiger charge is 2.26. The highest BCUT2D eigenvalue weighted by atomic mass is 16.5. The van der Waals surface area contributed by atoms with Gasteiger partial charge in [-0.05, 0) is 45.9 Å². The third-order valence-electron chi connectivity index (χ3n) is 4.10. The van der Waals surface area contributed by atoms with Gasteiger partial charge in [0.05, 0.1) is 6.61 Å². The molecule has 21 heavy (non-hydrogen) atoms. The molecule has 0 aromatic heterocycles. The van der Waals surface area contributed by atoms with Crippen LogP contribution in [-0.4, -0.2) is 48.1 Å². The number of nitrogens with two attached hydrogens (primary N) is 1. The lowest BCUT2D eigenvalue weighted by atomic mass is 10.0. The average Bonchev–Trinajstić information content (AvgIpc) is 2.42. The molecule has 1 fully saturated rings. The van der Waals surface area contributed by atoms with Crippen LogP contribution in [-0.2, 0) is 6.54 Å². The molecule has 1 aromatic carbocycles. The lowest BCUT2D eigenvalue weighted by Crippen LogP contribution is -2.53. The predicted molar refractivity (Wildman–Crippen MR) is 88.6 cm³/mol. The molecule has 1 aliphatic heterocycles. The van der Waals surface area contributed by atoms with Gasteiger partial charge in [0.25, 0.3) is 0 Å². The Morgan fingerprint density at radius 3 is 2.38 bits per heavy atom. The van der Waals surface area contributed by atoms with E-state index in [0.717, 1.165) is 44.2 Å². The van der Waals surface area contributed by atoms with Crippen molar-refractivity contribution >= 4 is 5.69 Å². The summed E-state index contributed by atoms with van der Waals surface area (Å²) in [5, 5.41) is 0. The van der Waals surface area contributed by atoms with Crippen LogP contribution in [0.1, 0.15) is 33.3 Å². The van der Waals surface area contributed by atoms with Gasteiger partial charge in [0.15, 0.2) is 0 Å². The van der Waals surface area contributed by atoms with E-state index >= 15 is 0 Å². The number of nitrogens with zero attached hydrogens (tertiary/aromatic N) is 2. The van der Waals surface area contributed by atoms with Crippen LogP contribution in [0.15, 0.2) is 18.2 Å². The van der Waals surface area contributed by atoms with Gasteiger partial charge in [-0.2, -0.15) is 0 Å². The van der Waals surface area contributed by atoms with Gasteiger partial charge >= 0.3 is 0 Å². The van der Waals surface area contributed by atoms with Crippen LogP contribution in [0.2, 0.25) is 0 Å². The van der Waals surface area contributed by atoms with Crippen LogP contribution < -0.4 is 10.5 Å². The monoisotopic (exact) mass is 291 g/mol. The lowest BCUT2D eigenvalue weighted by Gasteiger charge is -2.42. The van der Waals surface area contributed by atoms with Crippen molar-refractivity contribution in [2.24, 2.45) is 0 Å². The summed E-state index contributed by atoms with van der Waals surface area (Å²) in [4.78, 5) is 5.03. The molecule has 1 aromatic rings. The maximum atomic E-state index is 5.93. The van der Waals surface area contributed by atoms with Gasteiger partial charge in [-0.15, -0.1) is 0 Å². The fourth-order valence-corrected chi connectivity index (χ4v) is 2.84. The molecule has 0 amide bonds. The second-order valence-electron chi connectivity index (χ2n) is 6.73. The topological polar surface area (TPSA) is 41.7 Å². The van der Waals surface area contributed by atoms with E-state index in [-0.39, 0.29) is 5.54 Å². The van der Waals surface area contributed by atoms with Crippen molar-refractivity contribution in [3.8, 4) is 5.75 Å². The normalized spacial score (nSPS) is 17.9. The molecular formula is C17H29N3O. The van der Waals surface area contributed by atoms with Gasteiger partial charge < -0.3 is 10.5 Å². The number of rotatable bonds is 4. The molecule has 0 aliphatic carbocycles. The van der Waals surface area contributed by atoms with Crippen LogP contribution in [0.25, 0.3) is 0 Å². The molecule has 118 valence electrons. The number of nitrogen functional groups attached to an aromatic ring is 1. The molecule has 1 heterocycles. The van der Waals surface area contributed by atoms with Crippen molar-refractivity contribution in [3.63, 3.8) is 0 Å². The van der Waals surface area contributed by atoms with Crippen LogP contribution in [0.3, 0.4) is 0 Å². The summed E-state index contributed by atoms with van der Waals surface area (Å²) >= 11 is 0. The summed E-state index contributed by atoms with van der Waals surface area (Å²) in [5.41, 5.74) is 8.19. The zero-order valence-corrected chi connectivity index (χ0v) is 13.9. The largest absolute Gasteiger partial charge is 0.494 e. The molecule has 0 atom stereocenters. The molecule has 0 spiro atoms. The van der Waals surface area contributed by atoms with Gasteiger partial charge in [0, 0.05) is 49.5 Å². The van der Waals surface area contributed by atoms with Gasteiger partial charge in [-0.1, -0.05) is 0 Å². The Labute approximate surface area is 128 Å². The molecule has 1 aliphatic rings. The fraction of sp³-hybridized carbons (Fsp3) is 0.647. The first kappa shape index (κ1) is 16.1. The molecule has 0 bridgehead atoms. The fourth-order valence-electron chi connectivity index (χ4n) is 2.84. The average molecular weight is 291 g/mol. The second kappa shape index (κ2) is 6.67. The summed E-state index contributed by atoms with van der Waals surface area (Å²) in [6, 6.07) is 5.94. The second-order valence-corrected chi connectivity index (χ2v) is 6.73. The standard InChI is InChI=1S/C17H29N3O/c1-5-21-16-7-6-15(18)12-14(16)13-19-8-10-20(11-9-19)17(2,3)4/h6-7,12H,5,8-11,13,18H2,1-4H3. The third-order valence-corrected chi connectivity index (χ3v) is 4.10. The van der Waals surface area contributed by atoms with Crippen LogP contribution in [0.4, 0.5) is 5.69 Å². The van der Waals surface area contributed by atoms with E-state index < -0.39 is 0 Å². The molecule has 1 saturated heterocycles. The summed E-state index contributed by atoms with van der Waals surface area (Å²) in [5.74, 6) is 0.963. The van der Waals surface area contributed by atoms with E-state index in [9.17, 15) is 0 Å². The first-order chi connectivity index (χ1) is 9.90. The Morgan fingerprint density at radius 1 is 1.14 bits per heavy atom. The quantitative estimate of drug-likeness (QED) is 0.866. The minimum atomic E-state index is 0.264. The zero-order chi connectivity index (χ0) is 15.5. The summed E-state index contributed by atoms with van der Waals surface area (Å²) in [7, 11) is 0. The summed E-state index contributed by atoms with van der Waals surface area (Å²) < 4.78 is 5.72. The number of ether oxygens (including phenoxy) is 1. The van der Waals surface area contributed by atoms with E-state index in [2.05, 4.69) is 30.6 Å². The highest BCUT2D eigenvalue weighted by molar-refractivity contribution is 5.47. The van der Waals surface area contributed by atoms with Crippen LogP contribution in [0, 0.1) is 0 Å². The predicted octanol–water partition coefficient (Wildman–Crippen LogP) is 2.58. The Bertz CT molecular complexity index is 460. The zero-order valence-electron chi connectivity index (χ0n) is 13.9. The SMILES string of the molecule is CCOc1ccc(N)cc1CN1CCN(C(C)(C)C)CC1. The van der Waals surface area contributed by atoms with Gasteiger partial charge in [0.1, 0.15) is 5.75 Å². The maximum Gasteiger partial charge on any atom is 0.123 e. The van der Waals surface area contributed by atoms with Crippen molar-refractivity contribution in [2.45, 2.75) is 39.8 Å². The first-order valence-electron chi connectivity index (χ1n) is 7.88.